The number of aryl methyl sites for hydroxylation is 1. The summed E-state index contributed by atoms with van der Waals surface area (Å²) in [4.78, 5) is 32.4. The highest BCUT2D eigenvalue weighted by atomic mass is 16.6. The molecule has 0 atom stereocenters. The number of hydrogen-bond donors (Lipinski definition) is 1. The van der Waals surface area contributed by atoms with Crippen LogP contribution in [0.15, 0.2) is 24.3 Å². The van der Waals surface area contributed by atoms with Crippen molar-refractivity contribution < 1.29 is 14.6 Å². The van der Waals surface area contributed by atoms with Crippen LogP contribution < -0.4 is 5.32 Å². The molecule has 1 aromatic heterocycles. The van der Waals surface area contributed by atoms with Crippen molar-refractivity contribution >= 4 is 17.3 Å². The van der Waals surface area contributed by atoms with Crippen LogP contribution in [0.25, 0.3) is 0 Å². The molecule has 0 bridgehead atoms. The first-order valence-corrected chi connectivity index (χ1v) is 7.02. The van der Waals surface area contributed by atoms with E-state index in [4.69, 9.17) is 0 Å². The molecular weight excluding hydrogens is 318 g/mol. The fourth-order valence-electron chi connectivity index (χ4n) is 2.28. The van der Waals surface area contributed by atoms with Crippen molar-refractivity contribution in [3.63, 3.8) is 0 Å². The van der Waals surface area contributed by atoms with E-state index in [9.17, 15) is 25.0 Å². The van der Waals surface area contributed by atoms with E-state index in [1.54, 1.807) is 13.8 Å². The summed E-state index contributed by atoms with van der Waals surface area (Å²) in [6, 6.07) is 5.22. The second-order valence-electron chi connectivity index (χ2n) is 5.06. The molecule has 0 aliphatic rings. The second kappa shape index (κ2) is 6.86. The van der Waals surface area contributed by atoms with Crippen LogP contribution in [-0.2, 0) is 6.54 Å². The van der Waals surface area contributed by atoms with Gasteiger partial charge in [-0.2, -0.15) is 5.10 Å². The number of nitrogens with zero attached hydrogens (tertiary/aromatic N) is 4. The third kappa shape index (κ3) is 3.54. The van der Waals surface area contributed by atoms with Crippen LogP contribution in [-0.4, -0.2) is 32.1 Å². The Morgan fingerprint density at radius 1 is 1.17 bits per heavy atom. The second-order valence-corrected chi connectivity index (χ2v) is 5.06. The van der Waals surface area contributed by atoms with Crippen molar-refractivity contribution in [3.8, 4) is 0 Å². The first kappa shape index (κ1) is 17.1. The number of amides is 1. The Hall–Kier alpha value is -3.30. The van der Waals surface area contributed by atoms with E-state index in [-0.39, 0.29) is 30.4 Å². The summed E-state index contributed by atoms with van der Waals surface area (Å²) < 4.78 is 1.46. The molecule has 0 unspecified atom stereocenters. The third-order valence-electron chi connectivity index (χ3n) is 3.48. The number of nitrogens with one attached hydrogen (secondary N) is 1. The number of carbonyl (C=O) groups is 1. The lowest BCUT2D eigenvalue weighted by Gasteiger charge is -2.06. The Bertz CT molecular complexity index is 797. The lowest BCUT2D eigenvalue weighted by atomic mass is 10.2. The third-order valence-corrected chi connectivity index (χ3v) is 3.48. The summed E-state index contributed by atoms with van der Waals surface area (Å²) in [7, 11) is 0. The molecule has 1 N–H and O–H groups in total. The number of aromatic nitrogens is 2. The van der Waals surface area contributed by atoms with Gasteiger partial charge >= 0.3 is 5.69 Å². The van der Waals surface area contributed by atoms with Crippen molar-refractivity contribution in [3.05, 3.63) is 61.4 Å². The number of benzene rings is 1. The van der Waals surface area contributed by atoms with Crippen molar-refractivity contribution in [1.82, 2.24) is 15.1 Å². The van der Waals surface area contributed by atoms with Gasteiger partial charge < -0.3 is 5.32 Å². The average molecular weight is 333 g/mol. The van der Waals surface area contributed by atoms with Gasteiger partial charge in [-0.25, -0.2) is 0 Å². The Balaban J connectivity index is 1.97. The fraction of sp³-hybridized carbons (Fsp3) is 0.286. The molecule has 0 radical (unpaired) electrons. The summed E-state index contributed by atoms with van der Waals surface area (Å²) >= 11 is 0. The Kier molecular flexibility index (Phi) is 4.87. The molecule has 1 amide bonds. The number of hydrogen-bond acceptors (Lipinski definition) is 6. The van der Waals surface area contributed by atoms with Gasteiger partial charge in [0.2, 0.25) is 0 Å². The van der Waals surface area contributed by atoms with Crippen LogP contribution in [0.4, 0.5) is 11.4 Å². The van der Waals surface area contributed by atoms with Gasteiger partial charge in [0.1, 0.15) is 11.4 Å². The molecule has 1 aromatic carbocycles. The predicted octanol–water partition coefficient (Wildman–Crippen LogP) is 1.75. The minimum absolute atomic E-state index is 0.0308. The van der Waals surface area contributed by atoms with Gasteiger partial charge in [-0.3, -0.25) is 29.7 Å². The molecule has 126 valence electrons. The quantitative estimate of drug-likeness (QED) is 0.632. The molecule has 24 heavy (non-hydrogen) atoms. The smallest absolute Gasteiger partial charge is 0.312 e. The first-order valence-electron chi connectivity index (χ1n) is 7.02. The maximum absolute atomic E-state index is 12.0. The highest BCUT2D eigenvalue weighted by Gasteiger charge is 2.21. The van der Waals surface area contributed by atoms with Gasteiger partial charge in [-0.15, -0.1) is 0 Å². The molecule has 10 heteroatoms. The van der Waals surface area contributed by atoms with E-state index in [1.807, 2.05) is 0 Å². The number of carbonyl (C=O) groups excluding carboxylic acids is 1. The van der Waals surface area contributed by atoms with Crippen LogP contribution in [0.5, 0.6) is 0 Å². The van der Waals surface area contributed by atoms with E-state index in [0.717, 1.165) is 0 Å². The van der Waals surface area contributed by atoms with Crippen molar-refractivity contribution in [2.45, 2.75) is 20.4 Å². The molecule has 1 heterocycles. The molecular formula is C14H15N5O5. The SMILES string of the molecule is Cc1nn(CCNC(=O)c2ccc([N+](=O)[O-])cc2)c(C)c1[N+](=O)[O-]. The molecule has 0 fully saturated rings. The molecule has 0 spiro atoms. The van der Waals surface area contributed by atoms with Crippen LogP contribution >= 0.6 is 0 Å². The minimum Gasteiger partial charge on any atom is -0.350 e. The summed E-state index contributed by atoms with van der Waals surface area (Å²) in [5.41, 5.74) is 0.902. The minimum atomic E-state index is -0.544. The van der Waals surface area contributed by atoms with Crippen LogP contribution in [0, 0.1) is 34.1 Å². The lowest BCUT2D eigenvalue weighted by molar-refractivity contribution is -0.386. The van der Waals surface area contributed by atoms with Gasteiger partial charge in [0.05, 0.1) is 16.4 Å². The van der Waals surface area contributed by atoms with Gasteiger partial charge in [-0.05, 0) is 26.0 Å². The molecule has 2 rings (SSSR count). The number of nitro benzene ring substituents is 1. The predicted molar refractivity (Wildman–Crippen MR) is 83.8 cm³/mol. The molecule has 10 nitrogen and oxygen atoms in total. The first-order chi connectivity index (χ1) is 11.3. The Morgan fingerprint density at radius 3 is 2.29 bits per heavy atom. The normalized spacial score (nSPS) is 10.4. The summed E-state index contributed by atoms with van der Waals surface area (Å²) in [5, 5.41) is 28.2. The van der Waals surface area contributed by atoms with Crippen molar-refractivity contribution in [2.75, 3.05) is 6.54 Å². The van der Waals surface area contributed by atoms with E-state index in [1.165, 1.54) is 28.9 Å². The highest BCUT2D eigenvalue weighted by molar-refractivity contribution is 5.94. The van der Waals surface area contributed by atoms with Gasteiger partial charge in [0.25, 0.3) is 11.6 Å². The maximum Gasteiger partial charge on any atom is 0.312 e. The van der Waals surface area contributed by atoms with E-state index >= 15 is 0 Å². The largest absolute Gasteiger partial charge is 0.350 e. The topological polar surface area (TPSA) is 133 Å². The number of nitro groups is 2. The number of non-ortho nitro benzene ring substituents is 1. The zero-order chi connectivity index (χ0) is 17.9. The summed E-state index contributed by atoms with van der Waals surface area (Å²) in [6.45, 7) is 3.64. The zero-order valence-electron chi connectivity index (χ0n) is 13.1. The van der Waals surface area contributed by atoms with Gasteiger partial charge in [0, 0.05) is 24.2 Å². The van der Waals surface area contributed by atoms with Crippen LogP contribution in [0.3, 0.4) is 0 Å². The van der Waals surface area contributed by atoms with Crippen molar-refractivity contribution in [2.24, 2.45) is 0 Å². The molecule has 0 aliphatic heterocycles. The van der Waals surface area contributed by atoms with E-state index < -0.39 is 9.85 Å². The number of rotatable bonds is 6. The van der Waals surface area contributed by atoms with Gasteiger partial charge in [0.15, 0.2) is 0 Å². The zero-order valence-corrected chi connectivity index (χ0v) is 13.1. The standard InChI is InChI=1S/C14H15N5O5/c1-9-13(19(23)24)10(2)17(16-9)8-7-15-14(20)11-3-5-12(6-4-11)18(21)22/h3-6H,7-8H2,1-2H3,(H,15,20). The summed E-state index contributed by atoms with van der Waals surface area (Å²) in [6.07, 6.45) is 0. The summed E-state index contributed by atoms with van der Waals surface area (Å²) in [5.74, 6) is -0.388. The highest BCUT2D eigenvalue weighted by Crippen LogP contribution is 2.21. The Labute approximate surface area is 136 Å². The molecule has 0 saturated carbocycles. The van der Waals surface area contributed by atoms with E-state index in [2.05, 4.69) is 10.4 Å². The average Bonchev–Trinajstić information content (AvgIpc) is 2.81. The molecule has 0 aliphatic carbocycles. The fourth-order valence-corrected chi connectivity index (χ4v) is 2.28. The monoisotopic (exact) mass is 333 g/mol. The van der Waals surface area contributed by atoms with E-state index in [0.29, 0.717) is 17.0 Å². The maximum atomic E-state index is 12.0. The lowest BCUT2D eigenvalue weighted by Crippen LogP contribution is -2.27. The van der Waals surface area contributed by atoms with Gasteiger partial charge in [-0.1, -0.05) is 0 Å². The van der Waals surface area contributed by atoms with Crippen molar-refractivity contribution in [1.29, 1.82) is 0 Å². The molecule has 2 aromatic rings. The van der Waals surface area contributed by atoms with Crippen LogP contribution in [0.1, 0.15) is 21.7 Å². The molecule has 0 saturated heterocycles. The van der Waals surface area contributed by atoms with Crippen LogP contribution in [0.2, 0.25) is 0 Å². The Morgan fingerprint density at radius 2 is 1.79 bits per heavy atom.